The number of hydrogen-bond acceptors (Lipinski definition) is 6. The van der Waals surface area contributed by atoms with E-state index in [1.807, 2.05) is 36.9 Å². The number of carbonyl (C=O) groups excluding carboxylic acids is 1. The van der Waals surface area contributed by atoms with E-state index in [2.05, 4.69) is 34.5 Å². The molecule has 0 aromatic carbocycles. The van der Waals surface area contributed by atoms with Gasteiger partial charge in [0.1, 0.15) is 5.52 Å². The molecule has 30 heavy (non-hydrogen) atoms. The number of carbonyl (C=O) groups is 1. The number of rotatable bonds is 4. The minimum atomic E-state index is 0.157. The van der Waals surface area contributed by atoms with Crippen LogP contribution in [0.4, 0.5) is 0 Å². The van der Waals surface area contributed by atoms with Crippen molar-refractivity contribution < 1.29 is 4.79 Å². The summed E-state index contributed by atoms with van der Waals surface area (Å²) in [6, 6.07) is 6.28. The molecule has 0 N–H and O–H groups in total. The first kappa shape index (κ1) is 19.1. The molecule has 1 amide bonds. The molecule has 0 bridgehead atoms. The smallest absolute Gasteiger partial charge is 0.225 e. The van der Waals surface area contributed by atoms with E-state index in [9.17, 15) is 4.79 Å². The second-order valence-corrected chi connectivity index (χ2v) is 8.36. The SMILES string of the molecule is O=C(C1CCN(Cc2ccnnc2)CC1)N1CCC(n2cnc3cccnc32)CC1. The molecule has 3 aromatic rings. The minimum absolute atomic E-state index is 0.157. The van der Waals surface area contributed by atoms with Crippen LogP contribution in [0.3, 0.4) is 0 Å². The zero-order valence-electron chi connectivity index (χ0n) is 17.1. The molecule has 2 fully saturated rings. The summed E-state index contributed by atoms with van der Waals surface area (Å²) in [5.74, 6) is 0.497. The monoisotopic (exact) mass is 405 g/mol. The molecule has 0 atom stereocenters. The molecule has 8 heteroatoms. The first-order chi connectivity index (χ1) is 14.8. The van der Waals surface area contributed by atoms with Gasteiger partial charge in [0.15, 0.2) is 5.65 Å². The van der Waals surface area contributed by atoms with E-state index < -0.39 is 0 Å². The van der Waals surface area contributed by atoms with Crippen LogP contribution in [-0.4, -0.2) is 66.6 Å². The van der Waals surface area contributed by atoms with Gasteiger partial charge in [0, 0.05) is 44.0 Å². The van der Waals surface area contributed by atoms with E-state index in [-0.39, 0.29) is 5.92 Å². The molecule has 156 valence electrons. The number of likely N-dealkylation sites (tertiary alicyclic amines) is 2. The first-order valence-corrected chi connectivity index (χ1v) is 10.8. The molecule has 5 rings (SSSR count). The maximum absolute atomic E-state index is 13.1. The second kappa shape index (κ2) is 8.47. The Morgan fingerprint density at radius 2 is 1.80 bits per heavy atom. The van der Waals surface area contributed by atoms with Gasteiger partial charge >= 0.3 is 0 Å². The third-order valence-corrected chi connectivity index (χ3v) is 6.49. The highest BCUT2D eigenvalue weighted by Crippen LogP contribution is 2.28. The third kappa shape index (κ3) is 3.92. The standard InChI is InChI=1S/C22H27N7O/c30-22(18-4-10-27(11-5-18)15-17-3-9-25-26-14-17)28-12-6-19(7-13-28)29-16-24-20-2-1-8-23-21(20)29/h1-3,8-9,14,16,18-19H,4-7,10-13,15H2. The molecule has 2 aliphatic rings. The second-order valence-electron chi connectivity index (χ2n) is 8.36. The van der Waals surface area contributed by atoms with E-state index in [0.29, 0.717) is 11.9 Å². The Bertz CT molecular complexity index is 989. The molecule has 8 nitrogen and oxygen atoms in total. The van der Waals surface area contributed by atoms with Gasteiger partial charge in [0.05, 0.1) is 12.5 Å². The Kier molecular flexibility index (Phi) is 5.40. The van der Waals surface area contributed by atoms with Gasteiger partial charge in [-0.15, -0.1) is 0 Å². The van der Waals surface area contributed by atoms with Crippen molar-refractivity contribution in [2.75, 3.05) is 26.2 Å². The van der Waals surface area contributed by atoms with Crippen LogP contribution < -0.4 is 0 Å². The van der Waals surface area contributed by atoms with Crippen molar-refractivity contribution in [3.05, 3.63) is 48.7 Å². The van der Waals surface area contributed by atoms with E-state index in [1.165, 1.54) is 5.56 Å². The highest BCUT2D eigenvalue weighted by atomic mass is 16.2. The van der Waals surface area contributed by atoms with E-state index >= 15 is 0 Å². The summed E-state index contributed by atoms with van der Waals surface area (Å²) in [4.78, 5) is 26.5. The fourth-order valence-corrected chi connectivity index (χ4v) is 4.76. The number of pyridine rings is 1. The highest BCUT2D eigenvalue weighted by Gasteiger charge is 2.31. The fraction of sp³-hybridized carbons (Fsp3) is 0.500. The van der Waals surface area contributed by atoms with Gasteiger partial charge in [0.25, 0.3) is 0 Å². The summed E-state index contributed by atoms with van der Waals surface area (Å²) in [5, 5.41) is 7.78. The van der Waals surface area contributed by atoms with Crippen molar-refractivity contribution in [3.8, 4) is 0 Å². The number of amides is 1. The normalized spacial score (nSPS) is 19.4. The molecule has 3 aromatic heterocycles. The number of nitrogens with zero attached hydrogens (tertiary/aromatic N) is 7. The van der Waals surface area contributed by atoms with Crippen LogP contribution in [0, 0.1) is 5.92 Å². The Hall–Kier alpha value is -2.87. The number of imidazole rings is 1. The number of hydrogen-bond donors (Lipinski definition) is 0. The van der Waals surface area contributed by atoms with E-state index in [1.54, 1.807) is 6.20 Å². The van der Waals surface area contributed by atoms with Crippen LogP contribution in [0.1, 0.15) is 37.3 Å². The number of fused-ring (bicyclic) bond motifs is 1. The molecule has 0 aliphatic carbocycles. The number of aromatic nitrogens is 5. The molecule has 0 spiro atoms. The average Bonchev–Trinajstić information content (AvgIpc) is 3.24. The van der Waals surface area contributed by atoms with Crippen molar-refractivity contribution in [2.24, 2.45) is 5.92 Å². The largest absolute Gasteiger partial charge is 0.342 e. The third-order valence-electron chi connectivity index (χ3n) is 6.49. The van der Waals surface area contributed by atoms with Gasteiger partial charge < -0.3 is 9.47 Å². The van der Waals surface area contributed by atoms with Crippen LogP contribution in [0.25, 0.3) is 11.2 Å². The summed E-state index contributed by atoms with van der Waals surface area (Å²) in [7, 11) is 0. The van der Waals surface area contributed by atoms with Crippen LogP contribution in [0.2, 0.25) is 0 Å². The predicted molar refractivity (Wildman–Crippen MR) is 112 cm³/mol. The predicted octanol–water partition coefficient (Wildman–Crippen LogP) is 2.30. The lowest BCUT2D eigenvalue weighted by Crippen LogP contribution is -2.45. The van der Waals surface area contributed by atoms with Gasteiger partial charge in [-0.05, 0) is 62.5 Å². The Balaban J connectivity index is 1.13. The van der Waals surface area contributed by atoms with Crippen LogP contribution >= 0.6 is 0 Å². The maximum Gasteiger partial charge on any atom is 0.225 e. The number of piperidine rings is 2. The lowest BCUT2D eigenvalue weighted by atomic mass is 9.93. The van der Waals surface area contributed by atoms with Gasteiger partial charge in [0.2, 0.25) is 5.91 Å². The summed E-state index contributed by atoms with van der Waals surface area (Å²) < 4.78 is 2.18. The summed E-state index contributed by atoms with van der Waals surface area (Å²) in [6.45, 7) is 4.44. The van der Waals surface area contributed by atoms with Crippen LogP contribution in [0.5, 0.6) is 0 Å². The van der Waals surface area contributed by atoms with E-state index in [0.717, 1.165) is 69.6 Å². The summed E-state index contributed by atoms with van der Waals surface area (Å²) in [6.07, 6.45) is 11.1. The lowest BCUT2D eigenvalue weighted by Gasteiger charge is -2.37. The summed E-state index contributed by atoms with van der Waals surface area (Å²) >= 11 is 0. The fourth-order valence-electron chi connectivity index (χ4n) is 4.76. The lowest BCUT2D eigenvalue weighted by molar-refractivity contribution is -0.138. The summed E-state index contributed by atoms with van der Waals surface area (Å²) in [5.41, 5.74) is 3.06. The van der Waals surface area contributed by atoms with Crippen molar-refractivity contribution in [1.29, 1.82) is 0 Å². The van der Waals surface area contributed by atoms with Crippen LogP contribution in [-0.2, 0) is 11.3 Å². The zero-order chi connectivity index (χ0) is 20.3. The zero-order valence-corrected chi connectivity index (χ0v) is 17.1. The Morgan fingerprint density at radius 3 is 2.57 bits per heavy atom. The quantitative estimate of drug-likeness (QED) is 0.663. The van der Waals surface area contributed by atoms with Gasteiger partial charge in [-0.25, -0.2) is 9.97 Å². The maximum atomic E-state index is 13.1. The van der Waals surface area contributed by atoms with Crippen molar-refractivity contribution in [2.45, 2.75) is 38.3 Å². The first-order valence-electron chi connectivity index (χ1n) is 10.8. The van der Waals surface area contributed by atoms with Crippen molar-refractivity contribution in [1.82, 2.24) is 34.5 Å². The molecule has 0 radical (unpaired) electrons. The van der Waals surface area contributed by atoms with Gasteiger partial charge in [-0.2, -0.15) is 10.2 Å². The topological polar surface area (TPSA) is 80.0 Å². The Morgan fingerprint density at radius 1 is 0.967 bits per heavy atom. The molecule has 0 saturated carbocycles. The average molecular weight is 406 g/mol. The van der Waals surface area contributed by atoms with Gasteiger partial charge in [-0.3, -0.25) is 9.69 Å². The molecule has 2 aliphatic heterocycles. The molecule has 0 unspecified atom stereocenters. The molecule has 5 heterocycles. The molecular weight excluding hydrogens is 378 g/mol. The van der Waals surface area contributed by atoms with Gasteiger partial charge in [-0.1, -0.05) is 0 Å². The molecular formula is C22H27N7O. The van der Waals surface area contributed by atoms with Crippen molar-refractivity contribution >= 4 is 17.1 Å². The minimum Gasteiger partial charge on any atom is -0.342 e. The van der Waals surface area contributed by atoms with Crippen molar-refractivity contribution in [3.63, 3.8) is 0 Å². The van der Waals surface area contributed by atoms with Crippen LogP contribution in [0.15, 0.2) is 43.1 Å². The van der Waals surface area contributed by atoms with E-state index in [4.69, 9.17) is 0 Å². The Labute approximate surface area is 175 Å². The molecule has 2 saturated heterocycles. The highest BCUT2D eigenvalue weighted by molar-refractivity contribution is 5.79.